The lowest BCUT2D eigenvalue weighted by molar-refractivity contribution is 1.08. The van der Waals surface area contributed by atoms with Crippen molar-refractivity contribution in [3.05, 3.63) is 152 Å². The van der Waals surface area contributed by atoms with Crippen LogP contribution in [-0.4, -0.2) is 15.0 Å². The molecule has 0 fully saturated rings. The molecule has 1 heterocycles. The maximum Gasteiger partial charge on any atom is 0.164 e. The third-order valence-electron chi connectivity index (χ3n) is 7.91. The number of nitrogens with zero attached hydrogens (tertiary/aromatic N) is 3. The van der Waals surface area contributed by atoms with Crippen molar-refractivity contribution in [2.45, 2.75) is 0 Å². The lowest BCUT2D eigenvalue weighted by Gasteiger charge is -2.14. The molecule has 42 heavy (non-hydrogen) atoms. The fourth-order valence-electron chi connectivity index (χ4n) is 5.85. The molecule has 8 aromatic rings. The highest BCUT2D eigenvalue weighted by Gasteiger charge is 2.17. The Morgan fingerprint density at radius 1 is 0.310 bits per heavy atom. The molecule has 3 nitrogen and oxygen atoms in total. The van der Waals surface area contributed by atoms with Gasteiger partial charge in [0.15, 0.2) is 17.5 Å². The standard InChI is InChI=1S/C39H25N3/c1-3-11-26(12-4-1)27-19-22-30(23-20-27)38-40-37(29-14-5-2-6-15-29)41-39(42-38)35-25-31-24-21-28-13-7-8-16-32(28)36(31)34-18-10-9-17-33(34)35/h1-25H. The maximum absolute atomic E-state index is 5.10. The lowest BCUT2D eigenvalue weighted by atomic mass is 9.93. The Labute approximate surface area is 243 Å². The van der Waals surface area contributed by atoms with E-state index in [1.165, 1.54) is 27.1 Å². The Kier molecular flexibility index (Phi) is 5.79. The van der Waals surface area contributed by atoms with Crippen molar-refractivity contribution in [2.24, 2.45) is 0 Å². The summed E-state index contributed by atoms with van der Waals surface area (Å²) in [7, 11) is 0. The Bertz CT molecular complexity index is 2220. The summed E-state index contributed by atoms with van der Waals surface area (Å²) in [4.78, 5) is 15.1. The van der Waals surface area contributed by atoms with E-state index >= 15 is 0 Å². The topological polar surface area (TPSA) is 38.7 Å². The van der Waals surface area contributed by atoms with Gasteiger partial charge in [-0.2, -0.15) is 0 Å². The quantitative estimate of drug-likeness (QED) is 0.211. The normalized spacial score (nSPS) is 11.3. The molecule has 0 saturated carbocycles. The molecule has 0 N–H and O–H groups in total. The van der Waals surface area contributed by atoms with Crippen LogP contribution in [0.25, 0.3) is 77.6 Å². The van der Waals surface area contributed by atoms with Crippen molar-refractivity contribution in [3.63, 3.8) is 0 Å². The van der Waals surface area contributed by atoms with Gasteiger partial charge >= 0.3 is 0 Å². The number of hydrogen-bond acceptors (Lipinski definition) is 3. The van der Waals surface area contributed by atoms with E-state index in [-0.39, 0.29) is 0 Å². The molecule has 196 valence electrons. The highest BCUT2D eigenvalue weighted by Crippen LogP contribution is 2.38. The van der Waals surface area contributed by atoms with Crippen LogP contribution in [0.4, 0.5) is 0 Å². The van der Waals surface area contributed by atoms with Crippen LogP contribution in [0.3, 0.4) is 0 Å². The zero-order valence-corrected chi connectivity index (χ0v) is 22.8. The average molecular weight is 536 g/mol. The molecule has 0 atom stereocenters. The molecule has 3 heteroatoms. The molecule has 0 spiro atoms. The van der Waals surface area contributed by atoms with Gasteiger partial charge < -0.3 is 0 Å². The van der Waals surface area contributed by atoms with Gasteiger partial charge in [0.25, 0.3) is 0 Å². The van der Waals surface area contributed by atoms with Gasteiger partial charge in [-0.05, 0) is 49.5 Å². The lowest BCUT2D eigenvalue weighted by Crippen LogP contribution is -2.00. The molecule has 0 aliphatic heterocycles. The fourth-order valence-corrected chi connectivity index (χ4v) is 5.85. The van der Waals surface area contributed by atoms with Gasteiger partial charge in [0, 0.05) is 16.7 Å². The number of benzene rings is 7. The highest BCUT2D eigenvalue weighted by atomic mass is 15.0. The summed E-state index contributed by atoms with van der Waals surface area (Å²) in [6, 6.07) is 52.8. The molecule has 0 radical (unpaired) electrons. The molecule has 0 bridgehead atoms. The first-order valence-electron chi connectivity index (χ1n) is 14.1. The van der Waals surface area contributed by atoms with Gasteiger partial charge in [0.1, 0.15) is 0 Å². The van der Waals surface area contributed by atoms with E-state index in [0.29, 0.717) is 17.5 Å². The van der Waals surface area contributed by atoms with Crippen LogP contribution in [0.1, 0.15) is 0 Å². The Morgan fingerprint density at radius 3 is 1.50 bits per heavy atom. The van der Waals surface area contributed by atoms with Crippen LogP contribution < -0.4 is 0 Å². The van der Waals surface area contributed by atoms with Crippen molar-refractivity contribution in [1.29, 1.82) is 0 Å². The Morgan fingerprint density at radius 2 is 0.786 bits per heavy atom. The molecule has 0 aliphatic carbocycles. The first-order valence-corrected chi connectivity index (χ1v) is 14.1. The van der Waals surface area contributed by atoms with Gasteiger partial charge in [0.05, 0.1) is 0 Å². The van der Waals surface area contributed by atoms with Crippen LogP contribution in [0.2, 0.25) is 0 Å². The fraction of sp³-hybridized carbons (Fsp3) is 0. The summed E-state index contributed by atoms with van der Waals surface area (Å²) < 4.78 is 0. The Hall–Kier alpha value is -5.67. The van der Waals surface area contributed by atoms with E-state index in [0.717, 1.165) is 33.0 Å². The summed E-state index contributed by atoms with van der Waals surface area (Å²) in [5.41, 5.74) is 5.24. The molecule has 0 unspecified atom stereocenters. The van der Waals surface area contributed by atoms with Crippen molar-refractivity contribution in [2.75, 3.05) is 0 Å². The predicted molar refractivity (Wildman–Crippen MR) is 174 cm³/mol. The summed E-state index contributed by atoms with van der Waals surface area (Å²) in [6.07, 6.45) is 0. The average Bonchev–Trinajstić information content (AvgIpc) is 3.08. The Balaban J connectivity index is 1.36. The minimum Gasteiger partial charge on any atom is -0.208 e. The van der Waals surface area contributed by atoms with Crippen LogP contribution in [0.15, 0.2) is 152 Å². The van der Waals surface area contributed by atoms with E-state index in [1.807, 2.05) is 36.4 Å². The second-order valence-corrected chi connectivity index (χ2v) is 10.5. The van der Waals surface area contributed by atoms with Gasteiger partial charge in [-0.25, -0.2) is 15.0 Å². The van der Waals surface area contributed by atoms with E-state index in [9.17, 15) is 0 Å². The van der Waals surface area contributed by atoms with E-state index in [4.69, 9.17) is 15.0 Å². The molecule has 0 aliphatic rings. The smallest absolute Gasteiger partial charge is 0.164 e. The zero-order valence-electron chi connectivity index (χ0n) is 22.8. The van der Waals surface area contributed by atoms with Gasteiger partial charge in [0.2, 0.25) is 0 Å². The summed E-state index contributed by atoms with van der Waals surface area (Å²) >= 11 is 0. The highest BCUT2D eigenvalue weighted by molar-refractivity contribution is 6.23. The maximum atomic E-state index is 5.10. The SMILES string of the molecule is c1ccc(-c2ccc(-c3nc(-c4ccccc4)nc(-c4cc5ccc6ccccc6c5c5ccccc45)n3)cc2)cc1. The minimum atomic E-state index is 0.654. The molecule has 0 amide bonds. The molecule has 8 rings (SSSR count). The van der Waals surface area contributed by atoms with Crippen molar-refractivity contribution < 1.29 is 0 Å². The van der Waals surface area contributed by atoms with Crippen LogP contribution in [0, 0.1) is 0 Å². The summed E-state index contributed by atoms with van der Waals surface area (Å²) in [5.74, 6) is 1.98. The number of hydrogen-bond donors (Lipinski definition) is 0. The largest absolute Gasteiger partial charge is 0.208 e. The molecule has 7 aromatic carbocycles. The van der Waals surface area contributed by atoms with Crippen LogP contribution >= 0.6 is 0 Å². The first kappa shape index (κ1) is 24.2. The van der Waals surface area contributed by atoms with Crippen molar-refractivity contribution >= 4 is 32.3 Å². The number of aromatic nitrogens is 3. The van der Waals surface area contributed by atoms with E-state index in [2.05, 4.69) is 115 Å². The van der Waals surface area contributed by atoms with Crippen LogP contribution in [0.5, 0.6) is 0 Å². The van der Waals surface area contributed by atoms with Gasteiger partial charge in [-0.3, -0.25) is 0 Å². The predicted octanol–water partition coefficient (Wildman–Crippen LogP) is 10.00. The molecule has 0 saturated heterocycles. The molecular weight excluding hydrogens is 510 g/mol. The first-order chi connectivity index (χ1) is 20.8. The summed E-state index contributed by atoms with van der Waals surface area (Å²) in [6.45, 7) is 0. The monoisotopic (exact) mass is 535 g/mol. The van der Waals surface area contributed by atoms with Gasteiger partial charge in [-0.1, -0.05) is 146 Å². The number of rotatable bonds is 4. The van der Waals surface area contributed by atoms with E-state index < -0.39 is 0 Å². The van der Waals surface area contributed by atoms with Crippen molar-refractivity contribution in [3.8, 4) is 45.3 Å². The van der Waals surface area contributed by atoms with Crippen molar-refractivity contribution in [1.82, 2.24) is 15.0 Å². The second kappa shape index (κ2) is 10.1. The summed E-state index contributed by atoms with van der Waals surface area (Å²) in [5, 5.41) is 7.21. The number of fused-ring (bicyclic) bond motifs is 5. The molecular formula is C39H25N3. The van der Waals surface area contributed by atoms with Crippen LogP contribution in [-0.2, 0) is 0 Å². The zero-order chi connectivity index (χ0) is 27.9. The minimum absolute atomic E-state index is 0.654. The van der Waals surface area contributed by atoms with Gasteiger partial charge in [-0.15, -0.1) is 0 Å². The second-order valence-electron chi connectivity index (χ2n) is 10.5. The third-order valence-corrected chi connectivity index (χ3v) is 7.91. The third kappa shape index (κ3) is 4.20. The van der Waals surface area contributed by atoms with E-state index in [1.54, 1.807) is 0 Å². The molecule has 1 aromatic heterocycles.